The molecule has 0 saturated heterocycles. The average Bonchev–Trinajstić information content (AvgIpc) is 2.94. The maximum Gasteiger partial charge on any atom is 0.129 e. The first kappa shape index (κ1) is 14.8. The lowest BCUT2D eigenvalue weighted by Crippen LogP contribution is -2.38. The lowest BCUT2D eigenvalue weighted by molar-refractivity contribution is 0.162. The molecule has 1 atom stereocenters. The van der Waals surface area contributed by atoms with Crippen LogP contribution in [0.25, 0.3) is 0 Å². The van der Waals surface area contributed by atoms with Crippen molar-refractivity contribution in [1.29, 1.82) is 0 Å². The third-order valence-corrected chi connectivity index (χ3v) is 3.77. The lowest BCUT2D eigenvalue weighted by Gasteiger charge is -2.30. The predicted octanol–water partition coefficient (Wildman–Crippen LogP) is 3.84. The Hall–Kier alpha value is -1.58. The number of furan rings is 1. The molecule has 0 spiro atoms. The Morgan fingerprint density at radius 2 is 1.80 bits per heavy atom. The van der Waals surface area contributed by atoms with Crippen LogP contribution in [-0.4, -0.2) is 7.11 Å². The normalized spacial score (nSPS) is 14.2. The third kappa shape index (κ3) is 3.50. The van der Waals surface area contributed by atoms with E-state index in [4.69, 9.17) is 9.15 Å². The van der Waals surface area contributed by atoms with E-state index in [1.807, 2.05) is 18.2 Å². The third-order valence-electron chi connectivity index (χ3n) is 3.77. The molecule has 108 valence electrons. The van der Waals surface area contributed by atoms with Crippen molar-refractivity contribution in [2.24, 2.45) is 0 Å². The minimum Gasteiger partial charge on any atom is -0.462 e. The molecule has 0 aliphatic rings. The van der Waals surface area contributed by atoms with Crippen LogP contribution < -0.4 is 5.32 Å². The van der Waals surface area contributed by atoms with Crippen molar-refractivity contribution in [3.05, 3.63) is 59.5 Å². The highest BCUT2D eigenvalue weighted by Gasteiger charge is 2.23. The molecule has 1 aromatic carbocycles. The van der Waals surface area contributed by atoms with Crippen molar-refractivity contribution in [2.75, 3.05) is 7.11 Å². The van der Waals surface area contributed by atoms with Crippen LogP contribution in [0.5, 0.6) is 0 Å². The van der Waals surface area contributed by atoms with E-state index < -0.39 is 0 Å². The molecular formula is C17H23NO2. The number of methoxy groups -OCH3 is 1. The summed E-state index contributed by atoms with van der Waals surface area (Å²) in [6.45, 7) is 5.65. The second kappa shape index (κ2) is 6.73. The highest BCUT2D eigenvalue weighted by Crippen LogP contribution is 2.24. The first-order valence-electron chi connectivity index (χ1n) is 7.05. The van der Waals surface area contributed by atoms with E-state index in [0.717, 1.165) is 17.9 Å². The van der Waals surface area contributed by atoms with Crippen LogP contribution in [-0.2, 0) is 23.4 Å². The van der Waals surface area contributed by atoms with Gasteiger partial charge in [-0.1, -0.05) is 37.3 Å². The van der Waals surface area contributed by atoms with Crippen molar-refractivity contribution < 1.29 is 9.15 Å². The maximum absolute atomic E-state index is 5.71. The second-order valence-electron chi connectivity index (χ2n) is 5.21. The van der Waals surface area contributed by atoms with Crippen molar-refractivity contribution in [2.45, 2.75) is 39.0 Å². The van der Waals surface area contributed by atoms with Gasteiger partial charge in [-0.2, -0.15) is 0 Å². The summed E-state index contributed by atoms with van der Waals surface area (Å²) in [5.74, 6) is 1.80. The predicted molar refractivity (Wildman–Crippen MR) is 80.3 cm³/mol. The van der Waals surface area contributed by atoms with Crippen LogP contribution in [0.2, 0.25) is 0 Å². The highest BCUT2D eigenvalue weighted by atomic mass is 16.5. The Morgan fingerprint density at radius 3 is 2.45 bits per heavy atom. The van der Waals surface area contributed by atoms with E-state index in [1.165, 1.54) is 5.56 Å². The van der Waals surface area contributed by atoms with Crippen LogP contribution in [0.1, 0.15) is 37.4 Å². The Morgan fingerprint density at radius 1 is 1.10 bits per heavy atom. The van der Waals surface area contributed by atoms with E-state index >= 15 is 0 Å². The smallest absolute Gasteiger partial charge is 0.129 e. The molecule has 3 nitrogen and oxygen atoms in total. The van der Waals surface area contributed by atoms with Gasteiger partial charge in [-0.3, -0.25) is 0 Å². The van der Waals surface area contributed by atoms with Crippen molar-refractivity contribution >= 4 is 0 Å². The fourth-order valence-corrected chi connectivity index (χ4v) is 2.26. The molecule has 2 aromatic rings. The summed E-state index contributed by atoms with van der Waals surface area (Å²) in [7, 11) is 1.67. The van der Waals surface area contributed by atoms with Gasteiger partial charge in [0, 0.05) is 12.6 Å². The molecule has 0 unspecified atom stereocenters. The Bertz CT molecular complexity index is 521. The number of hydrogen-bond acceptors (Lipinski definition) is 3. The molecule has 0 saturated carbocycles. The Kier molecular flexibility index (Phi) is 4.99. The molecular weight excluding hydrogens is 250 g/mol. The molecule has 0 bridgehead atoms. The molecule has 0 radical (unpaired) electrons. The van der Waals surface area contributed by atoms with Crippen LogP contribution >= 0.6 is 0 Å². The van der Waals surface area contributed by atoms with Crippen LogP contribution in [0.4, 0.5) is 0 Å². The molecule has 1 aromatic heterocycles. The number of ether oxygens (including phenoxy) is 1. The Labute approximate surface area is 121 Å². The van der Waals surface area contributed by atoms with Crippen LogP contribution in [0.15, 0.2) is 46.9 Å². The SMILES string of the molecule is CC[C@@](C)(NCc1ccc(COC)o1)c1ccccc1. The quantitative estimate of drug-likeness (QED) is 0.832. The molecule has 1 N–H and O–H groups in total. The monoisotopic (exact) mass is 273 g/mol. The van der Waals surface area contributed by atoms with Gasteiger partial charge in [0.25, 0.3) is 0 Å². The summed E-state index contributed by atoms with van der Waals surface area (Å²) >= 11 is 0. The van der Waals surface area contributed by atoms with Gasteiger partial charge in [0.05, 0.1) is 6.54 Å². The van der Waals surface area contributed by atoms with E-state index in [0.29, 0.717) is 13.2 Å². The molecule has 0 fully saturated rings. The minimum atomic E-state index is -0.0462. The maximum atomic E-state index is 5.71. The van der Waals surface area contributed by atoms with E-state index in [9.17, 15) is 0 Å². The molecule has 2 rings (SSSR count). The van der Waals surface area contributed by atoms with Gasteiger partial charge in [-0.05, 0) is 31.0 Å². The van der Waals surface area contributed by atoms with E-state index in [1.54, 1.807) is 7.11 Å². The zero-order valence-electron chi connectivity index (χ0n) is 12.5. The molecule has 1 heterocycles. The zero-order chi connectivity index (χ0) is 14.4. The van der Waals surface area contributed by atoms with Gasteiger partial charge in [-0.25, -0.2) is 0 Å². The highest BCUT2D eigenvalue weighted by molar-refractivity contribution is 5.23. The van der Waals surface area contributed by atoms with Gasteiger partial charge in [0.15, 0.2) is 0 Å². The number of hydrogen-bond donors (Lipinski definition) is 1. The van der Waals surface area contributed by atoms with Gasteiger partial charge in [-0.15, -0.1) is 0 Å². The number of rotatable bonds is 7. The summed E-state index contributed by atoms with van der Waals surface area (Å²) in [6, 6.07) is 14.5. The molecule has 0 amide bonds. The minimum absolute atomic E-state index is 0.0462. The van der Waals surface area contributed by atoms with Crippen molar-refractivity contribution in [3.8, 4) is 0 Å². The van der Waals surface area contributed by atoms with E-state index in [2.05, 4.69) is 43.4 Å². The topological polar surface area (TPSA) is 34.4 Å². The van der Waals surface area contributed by atoms with Crippen molar-refractivity contribution in [1.82, 2.24) is 5.32 Å². The van der Waals surface area contributed by atoms with E-state index in [-0.39, 0.29) is 5.54 Å². The molecule has 0 aliphatic heterocycles. The summed E-state index contributed by atoms with van der Waals surface area (Å²) in [4.78, 5) is 0. The summed E-state index contributed by atoms with van der Waals surface area (Å²) in [5, 5.41) is 3.60. The first-order chi connectivity index (χ1) is 9.68. The van der Waals surface area contributed by atoms with Gasteiger partial charge < -0.3 is 14.5 Å². The number of benzene rings is 1. The summed E-state index contributed by atoms with van der Waals surface area (Å²) < 4.78 is 10.8. The first-order valence-corrected chi connectivity index (χ1v) is 7.05. The van der Waals surface area contributed by atoms with Crippen LogP contribution in [0.3, 0.4) is 0 Å². The average molecular weight is 273 g/mol. The second-order valence-corrected chi connectivity index (χ2v) is 5.21. The lowest BCUT2D eigenvalue weighted by atomic mass is 9.89. The van der Waals surface area contributed by atoms with Crippen molar-refractivity contribution in [3.63, 3.8) is 0 Å². The van der Waals surface area contributed by atoms with Gasteiger partial charge in [0.1, 0.15) is 18.1 Å². The largest absolute Gasteiger partial charge is 0.462 e. The zero-order valence-corrected chi connectivity index (χ0v) is 12.5. The summed E-state index contributed by atoms with van der Waals surface area (Å²) in [5.41, 5.74) is 1.25. The number of nitrogens with one attached hydrogen (secondary N) is 1. The standard InChI is InChI=1S/C17H23NO2/c1-4-17(2,14-8-6-5-7-9-14)18-12-15-10-11-16(20-15)13-19-3/h5-11,18H,4,12-13H2,1-3H3/t17-/m1/s1. The fraction of sp³-hybridized carbons (Fsp3) is 0.412. The van der Waals surface area contributed by atoms with Gasteiger partial charge >= 0.3 is 0 Å². The summed E-state index contributed by atoms with van der Waals surface area (Å²) in [6.07, 6.45) is 1.02. The molecule has 3 heteroatoms. The fourth-order valence-electron chi connectivity index (χ4n) is 2.26. The van der Waals surface area contributed by atoms with Gasteiger partial charge in [0.2, 0.25) is 0 Å². The molecule has 20 heavy (non-hydrogen) atoms. The molecule has 0 aliphatic carbocycles. The Balaban J connectivity index is 2.03. The van der Waals surface area contributed by atoms with Crippen LogP contribution in [0, 0.1) is 0 Å².